The molecule has 0 aromatic heterocycles. The maximum Gasteiger partial charge on any atom is 0.373 e. The van der Waals surface area contributed by atoms with Gasteiger partial charge in [0.05, 0.1) is 12.2 Å². The molecule has 0 heterocycles. The molecule has 19 heavy (non-hydrogen) atoms. The van der Waals surface area contributed by atoms with Crippen LogP contribution in [-0.2, 0) is 9.78 Å². The van der Waals surface area contributed by atoms with Crippen molar-refractivity contribution in [1.29, 1.82) is 0 Å². The van der Waals surface area contributed by atoms with Crippen LogP contribution in [0.4, 0.5) is 0 Å². The van der Waals surface area contributed by atoms with E-state index < -0.39 is 5.97 Å². The molecule has 1 radical (unpaired) electrons. The summed E-state index contributed by atoms with van der Waals surface area (Å²) in [4.78, 5) is 21.5. The molecule has 0 aliphatic rings. The topological polar surface area (TPSA) is 35.5 Å². The van der Waals surface area contributed by atoms with Crippen LogP contribution >= 0.6 is 0 Å². The molecule has 0 spiro atoms. The van der Waals surface area contributed by atoms with E-state index in [9.17, 15) is 4.79 Å². The van der Waals surface area contributed by atoms with E-state index in [1.54, 1.807) is 6.07 Å². The molecule has 0 bridgehead atoms. The second-order valence-electron chi connectivity index (χ2n) is 4.78. The Kier molecular flexibility index (Phi) is 7.19. The van der Waals surface area contributed by atoms with Crippen molar-refractivity contribution in [2.75, 3.05) is 6.61 Å². The monoisotopic (exact) mass is 263 g/mol. The van der Waals surface area contributed by atoms with Crippen LogP contribution in [0.2, 0.25) is 0 Å². The summed E-state index contributed by atoms with van der Waals surface area (Å²) in [6, 6.07) is 5.61. The fraction of sp³-hybridized carbons (Fsp3) is 0.500. The lowest BCUT2D eigenvalue weighted by molar-refractivity contribution is -0.241. The van der Waals surface area contributed by atoms with E-state index in [4.69, 9.17) is 9.78 Å². The quantitative estimate of drug-likeness (QED) is 0.401. The van der Waals surface area contributed by atoms with E-state index in [0.29, 0.717) is 12.2 Å². The standard InChI is InChI=1S/C16H23O3/c1-4-5-6-7-8-11-18-19-16(17)15-10-9-13(2)12-14(15)3/h9-10,12H,1,4-8,11H2,2-3H3. The van der Waals surface area contributed by atoms with Crippen LogP contribution in [0.15, 0.2) is 18.2 Å². The van der Waals surface area contributed by atoms with Crippen LogP contribution in [0.25, 0.3) is 0 Å². The highest BCUT2D eigenvalue weighted by Crippen LogP contribution is 2.12. The molecule has 0 amide bonds. The number of benzene rings is 1. The predicted octanol–water partition coefficient (Wildman–Crippen LogP) is 4.18. The highest BCUT2D eigenvalue weighted by molar-refractivity contribution is 5.90. The van der Waals surface area contributed by atoms with E-state index >= 15 is 0 Å². The Morgan fingerprint density at radius 1 is 1.16 bits per heavy atom. The summed E-state index contributed by atoms with van der Waals surface area (Å²) < 4.78 is 0. The van der Waals surface area contributed by atoms with E-state index in [-0.39, 0.29) is 0 Å². The number of rotatable bonds is 8. The maximum atomic E-state index is 11.8. The highest BCUT2D eigenvalue weighted by atomic mass is 17.2. The van der Waals surface area contributed by atoms with E-state index in [0.717, 1.165) is 43.2 Å². The minimum absolute atomic E-state index is 0.421. The Labute approximate surface area is 115 Å². The summed E-state index contributed by atoms with van der Waals surface area (Å²) in [7, 11) is 0. The van der Waals surface area contributed by atoms with Gasteiger partial charge < -0.3 is 0 Å². The van der Waals surface area contributed by atoms with Crippen molar-refractivity contribution >= 4 is 5.97 Å². The Morgan fingerprint density at radius 3 is 2.58 bits per heavy atom. The van der Waals surface area contributed by atoms with Crippen LogP contribution in [0.3, 0.4) is 0 Å². The second kappa shape index (κ2) is 8.70. The Hall–Kier alpha value is -1.35. The van der Waals surface area contributed by atoms with Gasteiger partial charge in [0.15, 0.2) is 0 Å². The third-order valence-corrected chi connectivity index (χ3v) is 2.96. The van der Waals surface area contributed by atoms with Gasteiger partial charge in [0.25, 0.3) is 0 Å². The molecule has 1 aromatic carbocycles. The van der Waals surface area contributed by atoms with Gasteiger partial charge in [-0.3, -0.25) is 4.89 Å². The zero-order valence-corrected chi connectivity index (χ0v) is 11.9. The van der Waals surface area contributed by atoms with Crippen molar-refractivity contribution < 1.29 is 14.6 Å². The van der Waals surface area contributed by atoms with Gasteiger partial charge in [-0.15, -0.1) is 0 Å². The molecule has 0 saturated carbocycles. The molecule has 0 fully saturated rings. The SMILES string of the molecule is [CH2]CCCCCCOOC(=O)c1ccc(C)cc1C. The number of carbonyl (C=O) groups excluding carboxylic acids is 1. The largest absolute Gasteiger partial charge is 0.373 e. The van der Waals surface area contributed by atoms with Gasteiger partial charge in [0, 0.05) is 0 Å². The van der Waals surface area contributed by atoms with Crippen molar-refractivity contribution in [2.24, 2.45) is 0 Å². The summed E-state index contributed by atoms with van der Waals surface area (Å²) in [5.41, 5.74) is 2.59. The fourth-order valence-corrected chi connectivity index (χ4v) is 1.87. The van der Waals surface area contributed by atoms with Gasteiger partial charge in [0.1, 0.15) is 0 Å². The lowest BCUT2D eigenvalue weighted by Gasteiger charge is -2.06. The number of carbonyl (C=O) groups is 1. The third-order valence-electron chi connectivity index (χ3n) is 2.96. The van der Waals surface area contributed by atoms with Gasteiger partial charge in [-0.25, -0.2) is 4.79 Å². The summed E-state index contributed by atoms with van der Waals surface area (Å²) >= 11 is 0. The van der Waals surface area contributed by atoms with Gasteiger partial charge in [-0.1, -0.05) is 50.3 Å². The fourth-order valence-electron chi connectivity index (χ4n) is 1.87. The summed E-state index contributed by atoms with van der Waals surface area (Å²) in [6.07, 6.45) is 5.25. The average molecular weight is 263 g/mol. The smallest absolute Gasteiger partial charge is 0.293 e. The van der Waals surface area contributed by atoms with Crippen molar-refractivity contribution in [3.05, 3.63) is 41.8 Å². The van der Waals surface area contributed by atoms with Gasteiger partial charge in [-0.2, -0.15) is 4.89 Å². The average Bonchev–Trinajstić information content (AvgIpc) is 2.37. The first kappa shape index (κ1) is 15.7. The normalized spacial score (nSPS) is 10.5. The molecule has 0 aliphatic heterocycles. The van der Waals surface area contributed by atoms with Crippen molar-refractivity contribution in [3.63, 3.8) is 0 Å². The molecular weight excluding hydrogens is 240 g/mol. The Morgan fingerprint density at radius 2 is 1.89 bits per heavy atom. The third kappa shape index (κ3) is 5.88. The van der Waals surface area contributed by atoms with Gasteiger partial charge >= 0.3 is 5.97 Å². The zero-order chi connectivity index (χ0) is 14.1. The molecule has 0 saturated heterocycles. The van der Waals surface area contributed by atoms with Crippen LogP contribution in [0, 0.1) is 20.8 Å². The Balaban J connectivity index is 2.24. The maximum absolute atomic E-state index is 11.8. The number of hydrogen-bond acceptors (Lipinski definition) is 3. The first-order valence-corrected chi connectivity index (χ1v) is 6.85. The molecule has 0 unspecified atom stereocenters. The number of aryl methyl sites for hydroxylation is 2. The first-order valence-electron chi connectivity index (χ1n) is 6.85. The van der Waals surface area contributed by atoms with Crippen LogP contribution in [0.1, 0.15) is 53.6 Å². The first-order chi connectivity index (χ1) is 9.15. The lowest BCUT2D eigenvalue weighted by Crippen LogP contribution is -2.08. The summed E-state index contributed by atoms with van der Waals surface area (Å²) in [5.74, 6) is -0.421. The molecule has 105 valence electrons. The van der Waals surface area contributed by atoms with E-state index in [1.165, 1.54) is 0 Å². The van der Waals surface area contributed by atoms with Crippen molar-refractivity contribution in [2.45, 2.75) is 46.0 Å². The zero-order valence-electron chi connectivity index (χ0n) is 11.9. The van der Waals surface area contributed by atoms with Gasteiger partial charge in [-0.05, 0) is 31.9 Å². The van der Waals surface area contributed by atoms with Crippen molar-refractivity contribution in [3.8, 4) is 0 Å². The Bertz CT molecular complexity index is 399. The molecule has 0 atom stereocenters. The molecule has 0 aliphatic carbocycles. The van der Waals surface area contributed by atoms with E-state index in [2.05, 4.69) is 6.92 Å². The van der Waals surface area contributed by atoms with Gasteiger partial charge in [0.2, 0.25) is 0 Å². The molecule has 3 nitrogen and oxygen atoms in total. The second-order valence-corrected chi connectivity index (χ2v) is 4.78. The summed E-state index contributed by atoms with van der Waals surface area (Å²) in [6.45, 7) is 8.12. The molecule has 1 aromatic rings. The number of hydrogen-bond donors (Lipinski definition) is 0. The highest BCUT2D eigenvalue weighted by Gasteiger charge is 2.11. The molecular formula is C16H23O3. The molecule has 1 rings (SSSR count). The molecule has 0 N–H and O–H groups in total. The minimum Gasteiger partial charge on any atom is -0.293 e. The van der Waals surface area contributed by atoms with Crippen LogP contribution in [0.5, 0.6) is 0 Å². The number of unbranched alkanes of at least 4 members (excludes halogenated alkanes) is 4. The van der Waals surface area contributed by atoms with Crippen LogP contribution in [-0.4, -0.2) is 12.6 Å². The predicted molar refractivity (Wildman–Crippen MR) is 75.7 cm³/mol. The minimum atomic E-state index is -0.421. The summed E-state index contributed by atoms with van der Waals surface area (Å²) in [5, 5.41) is 0. The molecule has 3 heteroatoms. The van der Waals surface area contributed by atoms with E-state index in [1.807, 2.05) is 26.0 Å². The lowest BCUT2D eigenvalue weighted by atomic mass is 10.1. The van der Waals surface area contributed by atoms with Crippen molar-refractivity contribution in [1.82, 2.24) is 0 Å². The van der Waals surface area contributed by atoms with Crippen LogP contribution < -0.4 is 0 Å².